The number of carbonyl (C=O) groups excluding carboxylic acids is 2. The lowest BCUT2D eigenvalue weighted by molar-refractivity contribution is -0.138. The van der Waals surface area contributed by atoms with Gasteiger partial charge in [-0.05, 0) is 24.0 Å². The minimum Gasteiger partial charge on any atom is -0.351 e. The van der Waals surface area contributed by atoms with E-state index in [-0.39, 0.29) is 35.3 Å². The van der Waals surface area contributed by atoms with Gasteiger partial charge in [0.1, 0.15) is 6.04 Å². The van der Waals surface area contributed by atoms with Crippen LogP contribution >= 0.6 is 0 Å². The van der Waals surface area contributed by atoms with Crippen LogP contribution in [0.1, 0.15) is 44.2 Å². The van der Waals surface area contributed by atoms with Gasteiger partial charge in [0.2, 0.25) is 11.8 Å². The molecule has 4 nitrogen and oxygen atoms in total. The monoisotopic (exact) mass is 342 g/mol. The third-order valence-electron chi connectivity index (χ3n) is 4.09. The molecule has 0 unspecified atom stereocenters. The van der Waals surface area contributed by atoms with E-state index >= 15 is 0 Å². The third-order valence-corrected chi connectivity index (χ3v) is 4.09. The van der Waals surface area contributed by atoms with Gasteiger partial charge in [0.25, 0.3) is 0 Å². The van der Waals surface area contributed by atoms with Crippen LogP contribution in [0.3, 0.4) is 0 Å². The molecule has 3 atom stereocenters. The molecular formula is C17H21F3N2O2. The molecule has 0 radical (unpaired) electrons. The maximum Gasteiger partial charge on any atom is 0.416 e. The first-order chi connectivity index (χ1) is 11.1. The lowest BCUT2D eigenvalue weighted by Crippen LogP contribution is -2.49. The SMILES string of the molecule is CC(=O)N[C@H](C(=O)N[C@@H]1C[C@@H]1c1ccccc1C(F)(F)F)C(C)C. The number of carbonyl (C=O) groups is 2. The summed E-state index contributed by atoms with van der Waals surface area (Å²) in [6.07, 6.45) is -3.95. The van der Waals surface area contributed by atoms with Gasteiger partial charge in [-0.25, -0.2) is 0 Å². The fourth-order valence-corrected chi connectivity index (χ4v) is 2.80. The quantitative estimate of drug-likeness (QED) is 0.864. The number of hydrogen-bond acceptors (Lipinski definition) is 2. The van der Waals surface area contributed by atoms with Gasteiger partial charge in [-0.1, -0.05) is 32.0 Å². The summed E-state index contributed by atoms with van der Waals surface area (Å²) in [5, 5.41) is 5.32. The summed E-state index contributed by atoms with van der Waals surface area (Å²) >= 11 is 0. The van der Waals surface area contributed by atoms with Crippen LogP contribution in [0.15, 0.2) is 24.3 Å². The van der Waals surface area contributed by atoms with Crippen molar-refractivity contribution in [2.45, 2.75) is 51.4 Å². The number of benzene rings is 1. The van der Waals surface area contributed by atoms with Crippen molar-refractivity contribution in [3.05, 3.63) is 35.4 Å². The molecule has 0 bridgehead atoms. The highest BCUT2D eigenvalue weighted by Crippen LogP contribution is 2.46. The predicted molar refractivity (Wildman–Crippen MR) is 83.2 cm³/mol. The number of hydrogen-bond donors (Lipinski definition) is 2. The molecule has 24 heavy (non-hydrogen) atoms. The first kappa shape index (κ1) is 18.3. The van der Waals surface area contributed by atoms with Crippen LogP contribution < -0.4 is 10.6 Å². The van der Waals surface area contributed by atoms with Crippen molar-refractivity contribution in [3.63, 3.8) is 0 Å². The lowest BCUT2D eigenvalue weighted by atomic mass is 10.0. The largest absolute Gasteiger partial charge is 0.416 e. The molecule has 0 aromatic heterocycles. The van der Waals surface area contributed by atoms with Gasteiger partial charge in [0.05, 0.1) is 5.56 Å². The van der Waals surface area contributed by atoms with E-state index in [4.69, 9.17) is 0 Å². The molecule has 2 N–H and O–H groups in total. The number of halogens is 3. The molecule has 0 spiro atoms. The molecule has 1 aromatic carbocycles. The Morgan fingerprint density at radius 1 is 1.21 bits per heavy atom. The van der Waals surface area contributed by atoms with E-state index in [1.54, 1.807) is 19.9 Å². The van der Waals surface area contributed by atoms with Gasteiger partial charge in [0.15, 0.2) is 0 Å². The zero-order valence-corrected chi connectivity index (χ0v) is 13.8. The Balaban J connectivity index is 2.06. The summed E-state index contributed by atoms with van der Waals surface area (Å²) in [6, 6.07) is 4.40. The molecule has 2 amide bonds. The van der Waals surface area contributed by atoms with Crippen LogP contribution in [0.2, 0.25) is 0 Å². The van der Waals surface area contributed by atoms with Crippen LogP contribution in [0, 0.1) is 5.92 Å². The van der Waals surface area contributed by atoms with Crippen molar-refractivity contribution in [1.82, 2.24) is 10.6 Å². The van der Waals surface area contributed by atoms with E-state index < -0.39 is 17.8 Å². The average molecular weight is 342 g/mol. The van der Waals surface area contributed by atoms with Gasteiger partial charge >= 0.3 is 6.18 Å². The summed E-state index contributed by atoms with van der Waals surface area (Å²) < 4.78 is 39.2. The molecule has 2 rings (SSSR count). The Bertz CT molecular complexity index is 629. The highest BCUT2D eigenvalue weighted by atomic mass is 19.4. The van der Waals surface area contributed by atoms with Crippen molar-refractivity contribution in [3.8, 4) is 0 Å². The zero-order valence-electron chi connectivity index (χ0n) is 13.8. The van der Waals surface area contributed by atoms with E-state index in [1.807, 2.05) is 0 Å². The molecular weight excluding hydrogens is 321 g/mol. The van der Waals surface area contributed by atoms with Gasteiger partial charge in [0, 0.05) is 18.9 Å². The molecule has 1 saturated carbocycles. The molecule has 132 valence electrons. The summed E-state index contributed by atoms with van der Waals surface area (Å²) in [5.41, 5.74) is -0.454. The smallest absolute Gasteiger partial charge is 0.351 e. The molecule has 1 fully saturated rings. The number of nitrogens with one attached hydrogen (secondary N) is 2. The first-order valence-corrected chi connectivity index (χ1v) is 7.85. The third kappa shape index (κ3) is 4.27. The van der Waals surface area contributed by atoms with Crippen molar-refractivity contribution in [1.29, 1.82) is 0 Å². The van der Waals surface area contributed by atoms with Crippen LogP contribution in [-0.2, 0) is 15.8 Å². The second-order valence-electron chi connectivity index (χ2n) is 6.46. The van der Waals surface area contributed by atoms with Gasteiger partial charge in [-0.2, -0.15) is 13.2 Å². The number of alkyl halides is 3. The highest BCUT2D eigenvalue weighted by molar-refractivity contribution is 5.87. The Kier molecular flexibility index (Phi) is 5.20. The summed E-state index contributed by atoms with van der Waals surface area (Å²) in [4.78, 5) is 23.5. The Morgan fingerprint density at radius 3 is 2.38 bits per heavy atom. The summed E-state index contributed by atoms with van der Waals surface area (Å²) in [5.74, 6) is -1.15. The fraction of sp³-hybridized carbons (Fsp3) is 0.529. The van der Waals surface area contributed by atoms with Crippen LogP contribution in [0.4, 0.5) is 13.2 Å². The van der Waals surface area contributed by atoms with E-state index in [2.05, 4.69) is 10.6 Å². The van der Waals surface area contributed by atoms with E-state index in [0.29, 0.717) is 6.42 Å². The van der Waals surface area contributed by atoms with Gasteiger partial charge < -0.3 is 10.6 Å². The van der Waals surface area contributed by atoms with Crippen molar-refractivity contribution in [2.75, 3.05) is 0 Å². The maximum absolute atomic E-state index is 13.1. The van der Waals surface area contributed by atoms with Gasteiger partial charge in [-0.15, -0.1) is 0 Å². The molecule has 1 aliphatic rings. The van der Waals surface area contributed by atoms with Crippen molar-refractivity contribution >= 4 is 11.8 Å². The average Bonchev–Trinajstić information content (AvgIpc) is 3.22. The van der Waals surface area contributed by atoms with E-state index in [9.17, 15) is 22.8 Å². The maximum atomic E-state index is 13.1. The first-order valence-electron chi connectivity index (χ1n) is 7.85. The molecule has 7 heteroatoms. The van der Waals surface area contributed by atoms with Crippen LogP contribution in [0.5, 0.6) is 0 Å². The second-order valence-corrected chi connectivity index (χ2v) is 6.46. The van der Waals surface area contributed by atoms with Gasteiger partial charge in [-0.3, -0.25) is 9.59 Å². The molecule has 1 aromatic rings. The van der Waals surface area contributed by atoms with Crippen LogP contribution in [-0.4, -0.2) is 23.9 Å². The Hall–Kier alpha value is -2.05. The summed E-state index contributed by atoms with van der Waals surface area (Å²) in [7, 11) is 0. The van der Waals surface area contributed by atoms with Crippen LogP contribution in [0.25, 0.3) is 0 Å². The topological polar surface area (TPSA) is 58.2 Å². The highest BCUT2D eigenvalue weighted by Gasteiger charge is 2.45. The molecule has 1 aliphatic carbocycles. The number of rotatable bonds is 5. The standard InChI is InChI=1S/C17H21F3N2O2/c1-9(2)15(21-10(3)23)16(24)22-14-8-12(14)11-6-4-5-7-13(11)17(18,19)20/h4-7,9,12,14-15H,8H2,1-3H3,(H,21,23)(H,22,24)/t12-,14-,15+/m1/s1. The lowest BCUT2D eigenvalue weighted by Gasteiger charge is -2.21. The Labute approximate surface area is 138 Å². The summed E-state index contributed by atoms with van der Waals surface area (Å²) in [6.45, 7) is 4.91. The Morgan fingerprint density at radius 2 is 1.83 bits per heavy atom. The number of amides is 2. The minimum absolute atomic E-state index is 0.117. The predicted octanol–water partition coefficient (Wildman–Crippen LogP) is 2.84. The van der Waals surface area contributed by atoms with E-state index in [0.717, 1.165) is 6.07 Å². The minimum atomic E-state index is -4.41. The van der Waals surface area contributed by atoms with Crippen molar-refractivity contribution < 1.29 is 22.8 Å². The molecule has 0 aliphatic heterocycles. The molecule has 0 saturated heterocycles. The van der Waals surface area contributed by atoms with Crippen molar-refractivity contribution in [2.24, 2.45) is 5.92 Å². The molecule has 0 heterocycles. The second kappa shape index (κ2) is 6.83. The fourth-order valence-electron chi connectivity index (χ4n) is 2.80. The normalized spacial score (nSPS) is 21.3. The zero-order chi connectivity index (χ0) is 18.1. The van der Waals surface area contributed by atoms with E-state index in [1.165, 1.54) is 19.1 Å².